The molecule has 2 aliphatic heterocycles. The van der Waals surface area contributed by atoms with E-state index in [2.05, 4.69) is 53.2 Å². The Morgan fingerprint density at radius 2 is 1.58 bits per heavy atom. The predicted molar refractivity (Wildman–Crippen MR) is 211 cm³/mol. The Balaban J connectivity index is 1.07. The van der Waals surface area contributed by atoms with Crippen molar-refractivity contribution >= 4 is 39.6 Å². The van der Waals surface area contributed by atoms with Crippen molar-refractivity contribution in [1.29, 1.82) is 5.26 Å². The summed E-state index contributed by atoms with van der Waals surface area (Å²) in [6.45, 7) is 13.5. The second-order valence-electron chi connectivity index (χ2n) is 15.8. The van der Waals surface area contributed by atoms with E-state index in [0.29, 0.717) is 78.9 Å². The number of hydrogen-bond donors (Lipinski definition) is 3. The first kappa shape index (κ1) is 36.2. The number of hydrogen-bond acceptors (Lipinski definition) is 11. The lowest BCUT2D eigenvalue weighted by molar-refractivity contribution is -0.147. The normalized spacial score (nSPS) is 20.4. The molecule has 0 aliphatic carbocycles. The second kappa shape index (κ2) is 13.8. The zero-order valence-electron chi connectivity index (χ0n) is 31.8. The fraction of sp³-hybridized carbons (Fsp3) is 0.349. The molecule has 0 amide bonds. The van der Waals surface area contributed by atoms with Crippen LogP contribution in [0.15, 0.2) is 65.2 Å². The number of aromatic nitrogens is 4. The maximum absolute atomic E-state index is 11.8. The molecule has 6 aromatic rings. The highest BCUT2D eigenvalue weighted by Gasteiger charge is 2.40. The number of aryl methyl sites for hydroxylation is 1. The highest BCUT2D eigenvalue weighted by atomic mass is 16.4. The van der Waals surface area contributed by atoms with Crippen molar-refractivity contribution in [2.75, 3.05) is 31.5 Å². The van der Waals surface area contributed by atoms with Crippen LogP contribution in [0.5, 0.6) is 0 Å². The van der Waals surface area contributed by atoms with Crippen LogP contribution in [0.25, 0.3) is 44.7 Å². The molecule has 3 aromatic heterocycles. The third kappa shape index (κ3) is 7.02. The number of rotatable bonds is 9. The van der Waals surface area contributed by atoms with Gasteiger partial charge >= 0.3 is 5.97 Å². The van der Waals surface area contributed by atoms with Gasteiger partial charge in [-0.1, -0.05) is 24.3 Å². The maximum atomic E-state index is 11.8. The summed E-state index contributed by atoms with van der Waals surface area (Å²) in [6.07, 6.45) is 3.21. The van der Waals surface area contributed by atoms with Crippen LogP contribution in [0.1, 0.15) is 60.3 Å². The smallest absolute Gasteiger partial charge is 0.310 e. The number of fused-ring (bicyclic) bond motifs is 2. The first-order valence-electron chi connectivity index (χ1n) is 18.6. The molecule has 55 heavy (non-hydrogen) atoms. The van der Waals surface area contributed by atoms with E-state index in [-0.39, 0.29) is 0 Å². The van der Waals surface area contributed by atoms with E-state index in [1.54, 1.807) is 6.92 Å². The van der Waals surface area contributed by atoms with Crippen molar-refractivity contribution in [2.45, 2.75) is 66.2 Å². The maximum Gasteiger partial charge on any atom is 0.310 e. The molecule has 0 spiro atoms. The van der Waals surface area contributed by atoms with Crippen molar-refractivity contribution in [3.8, 4) is 28.7 Å². The van der Waals surface area contributed by atoms with Crippen LogP contribution in [-0.2, 0) is 17.9 Å². The molecule has 0 saturated carbocycles. The molecule has 0 unspecified atom stereocenters. The molecular weight excluding hydrogens is 693 g/mol. The summed E-state index contributed by atoms with van der Waals surface area (Å²) in [7, 11) is 0. The summed E-state index contributed by atoms with van der Waals surface area (Å²) in [5, 5.41) is 33.7. The quantitative estimate of drug-likeness (QED) is 0.136. The van der Waals surface area contributed by atoms with Gasteiger partial charge in [-0.05, 0) is 118 Å². The first-order valence-corrected chi connectivity index (χ1v) is 18.6. The van der Waals surface area contributed by atoms with Crippen molar-refractivity contribution < 1.29 is 19.4 Å². The number of β-amino-alcohol motifs (C(OH)–C–C–N with tert-alkyl or cyclic N) is 1. The number of carbonyl (C=O) groups is 1. The highest BCUT2D eigenvalue weighted by Crippen LogP contribution is 2.38. The number of aliphatic hydroxyl groups is 1. The molecule has 2 saturated heterocycles. The fourth-order valence-corrected chi connectivity index (χ4v) is 8.14. The van der Waals surface area contributed by atoms with E-state index in [0.717, 1.165) is 63.1 Å². The summed E-state index contributed by atoms with van der Waals surface area (Å²) >= 11 is 0. The van der Waals surface area contributed by atoms with Crippen molar-refractivity contribution in [1.82, 2.24) is 29.7 Å². The molecule has 12 nitrogen and oxygen atoms in total. The molecule has 3 aromatic carbocycles. The number of nitrogens with zero attached hydrogens (tertiary/aromatic N) is 7. The van der Waals surface area contributed by atoms with E-state index in [9.17, 15) is 20.3 Å². The molecule has 0 bridgehead atoms. The molecule has 8 rings (SSSR count). The number of benzene rings is 3. The molecule has 5 heterocycles. The number of pyridine rings is 1. The van der Waals surface area contributed by atoms with Crippen LogP contribution >= 0.6 is 0 Å². The molecular formula is C43H44N8O4. The molecule has 280 valence electrons. The number of carboxylic acids is 1. The minimum atomic E-state index is -0.785. The van der Waals surface area contributed by atoms with Crippen LogP contribution < -0.4 is 5.32 Å². The Labute approximate surface area is 319 Å². The Morgan fingerprint density at radius 3 is 2.31 bits per heavy atom. The van der Waals surface area contributed by atoms with Gasteiger partial charge in [-0.3, -0.25) is 19.6 Å². The summed E-state index contributed by atoms with van der Waals surface area (Å²) in [5.41, 5.74) is 9.14. The van der Waals surface area contributed by atoms with Gasteiger partial charge in [0.05, 0.1) is 22.1 Å². The van der Waals surface area contributed by atoms with Gasteiger partial charge in [0, 0.05) is 50.2 Å². The van der Waals surface area contributed by atoms with Crippen molar-refractivity contribution in [2.24, 2.45) is 5.41 Å². The lowest BCUT2D eigenvalue weighted by Gasteiger charge is -2.20. The average Bonchev–Trinajstić information content (AvgIpc) is 3.85. The highest BCUT2D eigenvalue weighted by molar-refractivity contribution is 5.90. The molecule has 2 atom stereocenters. The lowest BCUT2D eigenvalue weighted by Crippen LogP contribution is -2.31. The minimum absolute atomic E-state index is 0.397. The summed E-state index contributed by atoms with van der Waals surface area (Å²) in [5.74, 6) is 0.909. The number of nitriles is 1. The van der Waals surface area contributed by atoms with E-state index < -0.39 is 17.0 Å². The van der Waals surface area contributed by atoms with Crippen LogP contribution in [0.2, 0.25) is 0 Å². The predicted octanol–water partition coefficient (Wildman–Crippen LogP) is 7.29. The van der Waals surface area contributed by atoms with Gasteiger partial charge < -0.3 is 19.9 Å². The molecule has 12 heteroatoms. The Morgan fingerprint density at radius 1 is 0.891 bits per heavy atom. The Kier molecular flexibility index (Phi) is 9.12. The van der Waals surface area contributed by atoms with Crippen LogP contribution in [-0.4, -0.2) is 77.7 Å². The molecule has 2 fully saturated rings. The Hall–Kier alpha value is -5.74. The van der Waals surface area contributed by atoms with E-state index in [4.69, 9.17) is 24.4 Å². The van der Waals surface area contributed by atoms with Gasteiger partial charge in [-0.15, -0.1) is 0 Å². The van der Waals surface area contributed by atoms with Gasteiger partial charge in [-0.25, -0.2) is 15.0 Å². The van der Waals surface area contributed by atoms with E-state index in [1.807, 2.05) is 56.4 Å². The van der Waals surface area contributed by atoms with Gasteiger partial charge in [0.25, 0.3) is 0 Å². The Bertz CT molecular complexity index is 2540. The third-order valence-corrected chi connectivity index (χ3v) is 11.2. The average molecular weight is 737 g/mol. The zero-order chi connectivity index (χ0) is 38.6. The number of oxazole rings is 1. The summed E-state index contributed by atoms with van der Waals surface area (Å²) in [6, 6.07) is 20.3. The zero-order valence-corrected chi connectivity index (χ0v) is 31.8. The largest absolute Gasteiger partial charge is 0.481 e. The lowest BCUT2D eigenvalue weighted by atomic mass is 9.90. The molecule has 2 aliphatic rings. The van der Waals surface area contributed by atoms with Crippen LogP contribution in [0, 0.1) is 37.5 Å². The van der Waals surface area contributed by atoms with Crippen LogP contribution in [0.3, 0.4) is 0 Å². The fourth-order valence-electron chi connectivity index (χ4n) is 8.14. The number of aliphatic carboxylic acids is 1. The van der Waals surface area contributed by atoms with E-state index >= 15 is 0 Å². The molecule has 0 radical (unpaired) electrons. The summed E-state index contributed by atoms with van der Waals surface area (Å²) < 4.78 is 6.30. The molecule has 3 N–H and O–H groups in total. The SMILES string of the molecule is Cc1nc(Nc2cccc(-c3cccc(-c4nc5cc(CN6CC[C@@](C)(C(=O)O)C6)cc(C#N)c5o4)c3C)c2C)c2ncc(CN3CC[C@](C)(O)C3)cc2n1. The number of nitrogens with one attached hydrogen (secondary N) is 1. The van der Waals surface area contributed by atoms with Crippen molar-refractivity contribution in [3.05, 3.63) is 94.4 Å². The number of anilines is 2. The van der Waals surface area contributed by atoms with Gasteiger partial charge in [0.2, 0.25) is 5.89 Å². The minimum Gasteiger partial charge on any atom is -0.481 e. The standard InChI is InChI=1S/C43H44N8O4/c1-25-31(8-6-10-33(25)40-49-36-17-28(16-30(19-44)38(36)55-40)21-50-14-12-42(4,23-50)41(52)53)32-9-7-11-34(26(32)2)48-39-37-35(46-27(3)47-39)18-29(20-45-37)22-51-15-13-43(5,54)24-51/h6-11,16-18,20,54H,12-15,21-24H2,1-5H3,(H,52,53)(H,46,47,48)/t42-,43+/m1/s1. The monoisotopic (exact) mass is 736 g/mol. The number of carboxylic acid groups (broad SMARTS) is 1. The second-order valence-corrected chi connectivity index (χ2v) is 15.8. The topological polar surface area (TPSA) is 165 Å². The van der Waals surface area contributed by atoms with Gasteiger partial charge in [-0.2, -0.15) is 5.26 Å². The van der Waals surface area contributed by atoms with Gasteiger partial charge in [0.1, 0.15) is 22.9 Å². The number of likely N-dealkylation sites (tertiary alicyclic amines) is 2. The first-order chi connectivity index (χ1) is 26.3. The third-order valence-electron chi connectivity index (χ3n) is 11.2. The van der Waals surface area contributed by atoms with Crippen LogP contribution in [0.4, 0.5) is 11.5 Å². The van der Waals surface area contributed by atoms with Gasteiger partial charge in [0.15, 0.2) is 11.4 Å². The van der Waals surface area contributed by atoms with Crippen molar-refractivity contribution in [3.63, 3.8) is 0 Å². The van der Waals surface area contributed by atoms with E-state index in [1.165, 1.54) is 0 Å². The summed E-state index contributed by atoms with van der Waals surface area (Å²) in [4.78, 5) is 35.3.